The number of rotatable bonds is 32. The lowest BCUT2D eigenvalue weighted by atomic mass is 10.0. The van der Waals surface area contributed by atoms with Crippen molar-refractivity contribution in [3.05, 3.63) is 23.3 Å². The molecular weight excluding hydrogens is 649 g/mol. The first-order valence-corrected chi connectivity index (χ1v) is 22.4. The third-order valence-electron chi connectivity index (χ3n) is 10.2. The second-order valence-electron chi connectivity index (χ2n) is 15.0. The van der Waals surface area contributed by atoms with E-state index in [0.29, 0.717) is 13.2 Å². The Bertz CT molecular complexity index is 1240. The maximum Gasteiger partial charge on any atom is 0.170 e. The van der Waals surface area contributed by atoms with Crippen molar-refractivity contribution >= 4 is 31.5 Å². The molecule has 5 heteroatoms. The molecule has 0 amide bonds. The van der Waals surface area contributed by atoms with Crippen molar-refractivity contribution in [3.63, 3.8) is 0 Å². The van der Waals surface area contributed by atoms with Crippen LogP contribution in [0.25, 0.3) is 20.2 Å². The van der Waals surface area contributed by atoms with Crippen LogP contribution in [0.3, 0.4) is 0 Å². The van der Waals surface area contributed by atoms with Gasteiger partial charge in [-0.3, -0.25) is 0 Å². The predicted molar refractivity (Wildman–Crippen MR) is 224 cm³/mol. The van der Waals surface area contributed by atoms with Gasteiger partial charge in [0, 0.05) is 9.40 Å². The fourth-order valence-electron chi connectivity index (χ4n) is 7.09. The molecule has 0 saturated heterocycles. The second-order valence-corrected chi connectivity index (χ2v) is 16.1. The third-order valence-corrected chi connectivity index (χ3v) is 11.3. The van der Waals surface area contributed by atoms with Crippen LogP contribution in [0.4, 0.5) is 0 Å². The second kappa shape index (κ2) is 26.6. The molecule has 0 unspecified atom stereocenters. The van der Waals surface area contributed by atoms with Crippen LogP contribution in [0.1, 0.15) is 193 Å². The van der Waals surface area contributed by atoms with Gasteiger partial charge in [-0.05, 0) is 62.8 Å². The summed E-state index contributed by atoms with van der Waals surface area (Å²) in [4.78, 5) is 0. The van der Waals surface area contributed by atoms with Crippen molar-refractivity contribution in [1.82, 2.24) is 0 Å². The molecule has 0 N–H and O–H groups in total. The van der Waals surface area contributed by atoms with Gasteiger partial charge < -0.3 is 18.9 Å². The molecular formula is C46H76O4S. The maximum atomic E-state index is 6.85. The first kappa shape index (κ1) is 43.3. The molecule has 2 aromatic carbocycles. The van der Waals surface area contributed by atoms with Crippen molar-refractivity contribution in [2.75, 3.05) is 26.4 Å². The van der Waals surface area contributed by atoms with Gasteiger partial charge in [-0.1, -0.05) is 156 Å². The number of fused-ring (bicyclic) bond motifs is 3. The normalized spacial score (nSPS) is 11.6. The summed E-state index contributed by atoms with van der Waals surface area (Å²) >= 11 is 1.85. The molecule has 4 nitrogen and oxygen atoms in total. The number of unbranched alkanes of at least 4 members (excludes halogenated alkanes) is 20. The van der Waals surface area contributed by atoms with Crippen LogP contribution in [0, 0.1) is 13.8 Å². The fourth-order valence-corrected chi connectivity index (χ4v) is 8.39. The minimum atomic E-state index is 0.705. The Morgan fingerprint density at radius 2 is 0.608 bits per heavy atom. The van der Waals surface area contributed by atoms with Gasteiger partial charge in [0.25, 0.3) is 0 Å². The van der Waals surface area contributed by atoms with Crippen molar-refractivity contribution in [2.24, 2.45) is 0 Å². The van der Waals surface area contributed by atoms with E-state index in [2.05, 4.69) is 53.7 Å². The molecule has 3 aromatic rings. The first-order valence-electron chi connectivity index (χ1n) is 21.6. The van der Waals surface area contributed by atoms with Gasteiger partial charge in [0.05, 0.1) is 37.2 Å². The summed E-state index contributed by atoms with van der Waals surface area (Å²) in [6.45, 7) is 16.3. The fraction of sp³-hybridized carbons (Fsp3) is 0.739. The molecule has 0 radical (unpaired) electrons. The highest BCUT2D eigenvalue weighted by Crippen LogP contribution is 2.52. The maximum absolute atomic E-state index is 6.85. The van der Waals surface area contributed by atoms with E-state index in [1.807, 2.05) is 11.3 Å². The summed E-state index contributed by atoms with van der Waals surface area (Å²) in [5, 5.41) is 2.29. The lowest BCUT2D eigenvalue weighted by Crippen LogP contribution is -2.06. The Hall–Kier alpha value is -2.14. The van der Waals surface area contributed by atoms with E-state index in [1.54, 1.807) is 0 Å². The van der Waals surface area contributed by atoms with E-state index in [1.165, 1.54) is 138 Å². The van der Waals surface area contributed by atoms with E-state index < -0.39 is 0 Å². The summed E-state index contributed by atoms with van der Waals surface area (Å²) in [5.74, 6) is 3.65. The Balaban J connectivity index is 1.97. The summed E-state index contributed by atoms with van der Waals surface area (Å²) in [6, 6.07) is 4.63. The predicted octanol–water partition coefficient (Wildman–Crippen LogP) is 15.6. The third kappa shape index (κ3) is 15.0. The molecule has 0 bridgehead atoms. The lowest BCUT2D eigenvalue weighted by Gasteiger charge is -2.19. The van der Waals surface area contributed by atoms with Crippen LogP contribution >= 0.6 is 11.3 Å². The molecule has 1 heterocycles. The molecule has 51 heavy (non-hydrogen) atoms. The standard InChI is InChI=1S/C46H76O4S/c1-7-11-15-19-23-27-31-47-43-37(5)35-39-41(45(43)49-33-29-25-21-17-13-9-3)42-40(51-39)36-38(6)44(48-32-28-24-20-16-12-8-2)46(42)50-34-30-26-22-18-14-10-4/h35-36H,7-34H2,1-6H3. The minimum absolute atomic E-state index is 0.705. The van der Waals surface area contributed by atoms with E-state index in [4.69, 9.17) is 18.9 Å². The minimum Gasteiger partial charge on any atom is -0.489 e. The van der Waals surface area contributed by atoms with Gasteiger partial charge in [-0.2, -0.15) is 0 Å². The highest BCUT2D eigenvalue weighted by molar-refractivity contribution is 7.26. The van der Waals surface area contributed by atoms with Crippen LogP contribution in [-0.2, 0) is 0 Å². The smallest absolute Gasteiger partial charge is 0.170 e. The molecule has 1 aromatic heterocycles. The van der Waals surface area contributed by atoms with Crippen LogP contribution in [0.5, 0.6) is 23.0 Å². The molecule has 290 valence electrons. The molecule has 0 aliphatic heterocycles. The van der Waals surface area contributed by atoms with Crippen molar-refractivity contribution in [1.29, 1.82) is 0 Å². The molecule has 0 spiro atoms. The SMILES string of the molecule is CCCCCCCCOc1c(C)cc2sc3cc(C)c(OCCCCCCCC)c(OCCCCCCCC)c3c2c1OCCCCCCCC. The average molecular weight is 725 g/mol. The molecule has 0 atom stereocenters. The van der Waals surface area contributed by atoms with Gasteiger partial charge in [0.2, 0.25) is 0 Å². The topological polar surface area (TPSA) is 36.9 Å². The zero-order chi connectivity index (χ0) is 36.5. The highest BCUT2D eigenvalue weighted by Gasteiger charge is 2.25. The highest BCUT2D eigenvalue weighted by atomic mass is 32.1. The largest absolute Gasteiger partial charge is 0.489 e. The van der Waals surface area contributed by atoms with Crippen molar-refractivity contribution in [3.8, 4) is 23.0 Å². The van der Waals surface area contributed by atoms with Crippen molar-refractivity contribution in [2.45, 2.75) is 196 Å². The molecule has 0 fully saturated rings. The monoisotopic (exact) mass is 725 g/mol. The van der Waals surface area contributed by atoms with Gasteiger partial charge in [0.1, 0.15) is 0 Å². The number of hydrogen-bond donors (Lipinski definition) is 0. The lowest BCUT2D eigenvalue weighted by molar-refractivity contribution is 0.258. The molecule has 0 saturated carbocycles. The Morgan fingerprint density at radius 1 is 0.353 bits per heavy atom. The Morgan fingerprint density at radius 3 is 0.902 bits per heavy atom. The van der Waals surface area contributed by atoms with Gasteiger partial charge in [-0.15, -0.1) is 11.3 Å². The quantitative estimate of drug-likeness (QED) is 0.0601. The summed E-state index contributed by atoms with van der Waals surface area (Å²) in [5.41, 5.74) is 2.31. The summed E-state index contributed by atoms with van der Waals surface area (Å²) in [7, 11) is 0. The summed E-state index contributed by atoms with van der Waals surface area (Å²) < 4.78 is 29.5. The first-order chi connectivity index (χ1) is 25.1. The van der Waals surface area contributed by atoms with E-state index in [9.17, 15) is 0 Å². The van der Waals surface area contributed by atoms with E-state index in [0.717, 1.165) is 83.8 Å². The molecule has 0 aliphatic carbocycles. The van der Waals surface area contributed by atoms with Crippen molar-refractivity contribution < 1.29 is 18.9 Å². The van der Waals surface area contributed by atoms with Crippen LogP contribution in [0.2, 0.25) is 0 Å². The number of aryl methyl sites for hydroxylation is 2. The summed E-state index contributed by atoms with van der Waals surface area (Å²) in [6.07, 6.45) is 29.9. The Kier molecular flexibility index (Phi) is 22.6. The van der Waals surface area contributed by atoms with E-state index in [-0.39, 0.29) is 0 Å². The molecule has 3 rings (SSSR count). The van der Waals surface area contributed by atoms with Crippen LogP contribution in [0.15, 0.2) is 12.1 Å². The number of benzene rings is 2. The van der Waals surface area contributed by atoms with Crippen LogP contribution in [-0.4, -0.2) is 26.4 Å². The number of thiophene rings is 1. The van der Waals surface area contributed by atoms with E-state index >= 15 is 0 Å². The zero-order valence-corrected chi connectivity index (χ0v) is 34.8. The average Bonchev–Trinajstić information content (AvgIpc) is 3.48. The number of ether oxygens (including phenoxy) is 4. The zero-order valence-electron chi connectivity index (χ0n) is 34.0. The van der Waals surface area contributed by atoms with Crippen LogP contribution < -0.4 is 18.9 Å². The number of hydrogen-bond acceptors (Lipinski definition) is 5. The van der Waals surface area contributed by atoms with Gasteiger partial charge in [0.15, 0.2) is 23.0 Å². The Labute approximate surface area is 317 Å². The van der Waals surface area contributed by atoms with Gasteiger partial charge in [-0.25, -0.2) is 0 Å². The van der Waals surface area contributed by atoms with Gasteiger partial charge >= 0.3 is 0 Å². The molecule has 0 aliphatic rings.